The average Bonchev–Trinajstić information content (AvgIpc) is 3.20. The van der Waals surface area contributed by atoms with Gasteiger partial charge >= 0.3 is 0 Å². The van der Waals surface area contributed by atoms with Gasteiger partial charge < -0.3 is 10.1 Å². The van der Waals surface area contributed by atoms with Gasteiger partial charge in [0.1, 0.15) is 5.75 Å². The molecule has 5 nitrogen and oxygen atoms in total. The number of methoxy groups -OCH3 is 1. The lowest BCUT2D eigenvalue weighted by molar-refractivity contribution is -0.122. The van der Waals surface area contributed by atoms with E-state index in [9.17, 15) is 4.79 Å². The second-order valence-corrected chi connectivity index (χ2v) is 4.48. The third kappa shape index (κ3) is 3.59. The summed E-state index contributed by atoms with van der Waals surface area (Å²) in [5, 5.41) is 3.30. The van der Waals surface area contributed by atoms with Crippen molar-refractivity contribution >= 4 is 28.9 Å². The van der Waals surface area contributed by atoms with Crippen LogP contribution in [0.25, 0.3) is 0 Å². The van der Waals surface area contributed by atoms with Gasteiger partial charge in [-0.2, -0.15) is 0 Å². The van der Waals surface area contributed by atoms with Crippen molar-refractivity contribution < 1.29 is 9.53 Å². The van der Waals surface area contributed by atoms with Crippen molar-refractivity contribution in [3.63, 3.8) is 0 Å². The van der Waals surface area contributed by atoms with E-state index in [1.54, 1.807) is 7.11 Å². The third-order valence-corrected chi connectivity index (χ3v) is 2.78. The fraction of sp³-hybridized carbons (Fsp3) is 0.333. The Morgan fingerprint density at radius 3 is 2.83 bits per heavy atom. The van der Waals surface area contributed by atoms with Crippen LogP contribution in [0.2, 0.25) is 0 Å². The largest absolute Gasteiger partial charge is 0.497 e. The monoisotopic (exact) mass is 265 g/mol. The Morgan fingerprint density at radius 1 is 1.39 bits per heavy atom. The van der Waals surface area contributed by atoms with Crippen LogP contribution >= 0.6 is 12.2 Å². The first-order valence-corrected chi connectivity index (χ1v) is 6.11. The number of carbonyl (C=O) groups is 1. The van der Waals surface area contributed by atoms with Gasteiger partial charge in [0, 0.05) is 17.7 Å². The van der Waals surface area contributed by atoms with E-state index in [4.69, 9.17) is 17.0 Å². The number of amides is 1. The van der Waals surface area contributed by atoms with Gasteiger partial charge in [-0.05, 0) is 37.2 Å². The zero-order valence-corrected chi connectivity index (χ0v) is 10.8. The molecule has 1 aromatic carbocycles. The highest BCUT2D eigenvalue weighted by molar-refractivity contribution is 7.80. The van der Waals surface area contributed by atoms with Gasteiger partial charge in [0.2, 0.25) is 5.91 Å². The number of carbonyl (C=O) groups excluding carboxylic acids is 1. The van der Waals surface area contributed by atoms with E-state index in [1.807, 2.05) is 24.3 Å². The van der Waals surface area contributed by atoms with E-state index in [0.29, 0.717) is 5.11 Å². The third-order valence-electron chi connectivity index (χ3n) is 2.57. The van der Waals surface area contributed by atoms with Crippen molar-refractivity contribution in [3.8, 4) is 5.75 Å². The Balaban J connectivity index is 1.80. The van der Waals surface area contributed by atoms with Gasteiger partial charge in [0.05, 0.1) is 7.11 Å². The van der Waals surface area contributed by atoms with E-state index in [1.165, 1.54) is 0 Å². The first-order chi connectivity index (χ1) is 8.69. The van der Waals surface area contributed by atoms with Crippen molar-refractivity contribution in [2.75, 3.05) is 12.4 Å². The van der Waals surface area contributed by atoms with Gasteiger partial charge in [0.15, 0.2) is 5.11 Å². The van der Waals surface area contributed by atoms with Gasteiger partial charge in [-0.25, -0.2) is 0 Å². The molecule has 0 bridgehead atoms. The molecule has 1 aromatic rings. The molecule has 2 rings (SSSR count). The fourth-order valence-corrected chi connectivity index (χ4v) is 1.60. The topological polar surface area (TPSA) is 62.4 Å². The summed E-state index contributed by atoms with van der Waals surface area (Å²) in [7, 11) is 1.60. The highest BCUT2D eigenvalue weighted by atomic mass is 32.1. The van der Waals surface area contributed by atoms with Crippen molar-refractivity contribution in [1.82, 2.24) is 10.9 Å². The van der Waals surface area contributed by atoms with Crippen molar-refractivity contribution in [2.45, 2.75) is 12.8 Å². The van der Waals surface area contributed by atoms with Crippen LogP contribution in [0.3, 0.4) is 0 Å². The summed E-state index contributed by atoms with van der Waals surface area (Å²) in [6.07, 6.45) is 1.92. The molecular formula is C12H15N3O2S. The van der Waals surface area contributed by atoms with E-state index in [0.717, 1.165) is 24.3 Å². The Kier molecular flexibility index (Phi) is 3.99. The highest BCUT2D eigenvalue weighted by Gasteiger charge is 2.29. The van der Waals surface area contributed by atoms with Crippen molar-refractivity contribution in [3.05, 3.63) is 24.3 Å². The second-order valence-electron chi connectivity index (χ2n) is 4.07. The van der Waals surface area contributed by atoms with Crippen LogP contribution in [0, 0.1) is 5.92 Å². The van der Waals surface area contributed by atoms with Crippen LogP contribution in [0.4, 0.5) is 5.69 Å². The molecule has 1 amide bonds. The number of hydrogen-bond acceptors (Lipinski definition) is 3. The van der Waals surface area contributed by atoms with Crippen LogP contribution < -0.4 is 20.9 Å². The van der Waals surface area contributed by atoms with E-state index < -0.39 is 0 Å². The standard InChI is InChI=1S/C12H15N3O2S/c1-17-10-4-2-3-9(7-10)13-12(18)15-14-11(16)8-5-6-8/h2-4,7-8H,5-6H2,1H3,(H,14,16)(H2,13,15,18). The first-order valence-electron chi connectivity index (χ1n) is 5.70. The summed E-state index contributed by atoms with van der Waals surface area (Å²) in [6, 6.07) is 7.37. The van der Waals surface area contributed by atoms with Crippen molar-refractivity contribution in [1.29, 1.82) is 0 Å². The number of hydrogen-bond donors (Lipinski definition) is 3. The zero-order chi connectivity index (χ0) is 13.0. The molecule has 6 heteroatoms. The van der Waals surface area contributed by atoms with Crippen LogP contribution in [-0.2, 0) is 4.79 Å². The SMILES string of the molecule is COc1cccc(NC(=S)NNC(=O)C2CC2)c1. The zero-order valence-electron chi connectivity index (χ0n) is 10.0. The molecule has 0 atom stereocenters. The van der Waals surface area contributed by atoms with E-state index >= 15 is 0 Å². The van der Waals surface area contributed by atoms with Gasteiger partial charge in [-0.3, -0.25) is 15.6 Å². The average molecular weight is 265 g/mol. The number of nitrogens with one attached hydrogen (secondary N) is 3. The molecule has 18 heavy (non-hydrogen) atoms. The minimum absolute atomic E-state index is 0.00945. The van der Waals surface area contributed by atoms with E-state index in [2.05, 4.69) is 16.2 Å². The maximum Gasteiger partial charge on any atom is 0.241 e. The summed E-state index contributed by atoms with van der Waals surface area (Å²) < 4.78 is 5.10. The lowest BCUT2D eigenvalue weighted by Crippen LogP contribution is -2.44. The summed E-state index contributed by atoms with van der Waals surface area (Å²) in [5.74, 6) is 0.881. The summed E-state index contributed by atoms with van der Waals surface area (Å²) in [4.78, 5) is 11.4. The van der Waals surface area contributed by atoms with Crippen LogP contribution in [0.15, 0.2) is 24.3 Å². The van der Waals surface area contributed by atoms with Gasteiger partial charge in [0.25, 0.3) is 0 Å². The quantitative estimate of drug-likeness (QED) is 0.570. The Bertz CT molecular complexity index is 460. The highest BCUT2D eigenvalue weighted by Crippen LogP contribution is 2.28. The Hall–Kier alpha value is -1.82. The predicted octanol–water partition coefficient (Wildman–Crippen LogP) is 1.42. The number of thiocarbonyl (C=S) groups is 1. The summed E-state index contributed by atoms with van der Waals surface area (Å²) in [6.45, 7) is 0. The second kappa shape index (κ2) is 5.68. The fourth-order valence-electron chi connectivity index (χ4n) is 1.43. The van der Waals surface area contributed by atoms with Crippen molar-refractivity contribution in [2.24, 2.45) is 5.92 Å². The minimum atomic E-state index is -0.00945. The maximum atomic E-state index is 11.4. The molecule has 1 aliphatic rings. The van der Waals surface area contributed by atoms with Gasteiger partial charge in [-0.15, -0.1) is 0 Å². The van der Waals surface area contributed by atoms with Crippen LogP contribution in [0.5, 0.6) is 5.75 Å². The predicted molar refractivity (Wildman–Crippen MR) is 73.2 cm³/mol. The molecule has 0 saturated heterocycles. The molecule has 0 heterocycles. The first kappa shape index (κ1) is 12.6. The Morgan fingerprint density at radius 2 is 2.17 bits per heavy atom. The smallest absolute Gasteiger partial charge is 0.241 e. The summed E-state index contributed by atoms with van der Waals surface area (Å²) in [5.41, 5.74) is 6.04. The maximum absolute atomic E-state index is 11.4. The molecule has 0 unspecified atom stereocenters. The van der Waals surface area contributed by atoms with E-state index in [-0.39, 0.29) is 11.8 Å². The lowest BCUT2D eigenvalue weighted by Gasteiger charge is -2.11. The number of benzene rings is 1. The Labute approximate surface area is 111 Å². The molecule has 0 aromatic heterocycles. The molecule has 0 spiro atoms. The molecule has 0 aliphatic heterocycles. The number of rotatable bonds is 3. The molecule has 1 saturated carbocycles. The summed E-state index contributed by atoms with van der Waals surface area (Å²) >= 11 is 5.06. The van der Waals surface area contributed by atoms with Gasteiger partial charge in [-0.1, -0.05) is 6.07 Å². The molecule has 1 aliphatic carbocycles. The molecular weight excluding hydrogens is 250 g/mol. The lowest BCUT2D eigenvalue weighted by atomic mass is 10.3. The number of anilines is 1. The molecule has 3 N–H and O–H groups in total. The van der Waals surface area contributed by atoms with Crippen LogP contribution in [-0.4, -0.2) is 18.1 Å². The number of ether oxygens (including phenoxy) is 1. The normalized spacial score (nSPS) is 13.6. The molecule has 96 valence electrons. The minimum Gasteiger partial charge on any atom is -0.497 e. The molecule has 0 radical (unpaired) electrons. The van der Waals surface area contributed by atoms with Crippen LogP contribution in [0.1, 0.15) is 12.8 Å². The number of hydrazine groups is 1. The molecule has 1 fully saturated rings.